The van der Waals surface area contributed by atoms with E-state index in [1.165, 1.54) is 11.1 Å². The Morgan fingerprint density at radius 1 is 0.767 bits per heavy atom. The van der Waals surface area contributed by atoms with Gasteiger partial charge in [-0.2, -0.15) is 4.31 Å². The van der Waals surface area contributed by atoms with Gasteiger partial charge in [-0.1, -0.05) is 70.0 Å². The molecule has 3 aromatic rings. The fourth-order valence-corrected chi connectivity index (χ4v) is 5.66. The number of sulfonamides is 1. The summed E-state index contributed by atoms with van der Waals surface area (Å²) in [5, 5.41) is 0.527. The van der Waals surface area contributed by atoms with Gasteiger partial charge in [-0.15, -0.1) is 0 Å². The van der Waals surface area contributed by atoms with Crippen LogP contribution in [-0.2, 0) is 10.0 Å². The van der Waals surface area contributed by atoms with E-state index in [9.17, 15) is 8.42 Å². The van der Waals surface area contributed by atoms with Crippen LogP contribution in [0.4, 0.5) is 0 Å². The molecule has 0 bridgehead atoms. The summed E-state index contributed by atoms with van der Waals surface area (Å²) in [5.41, 5.74) is 2.40. The zero-order chi connectivity index (χ0) is 21.1. The number of piperazine rings is 1. The van der Waals surface area contributed by atoms with E-state index in [1.54, 1.807) is 28.6 Å². The highest BCUT2D eigenvalue weighted by molar-refractivity contribution is 9.10. The van der Waals surface area contributed by atoms with Crippen LogP contribution in [0.1, 0.15) is 17.2 Å². The van der Waals surface area contributed by atoms with E-state index in [4.69, 9.17) is 11.6 Å². The van der Waals surface area contributed by atoms with Gasteiger partial charge in [-0.05, 0) is 47.5 Å². The van der Waals surface area contributed by atoms with Gasteiger partial charge in [0.25, 0.3) is 0 Å². The lowest BCUT2D eigenvalue weighted by molar-refractivity contribution is 0.156. The Bertz CT molecular complexity index is 1080. The molecule has 1 aliphatic rings. The molecule has 7 heteroatoms. The molecule has 0 saturated carbocycles. The highest BCUT2D eigenvalue weighted by atomic mass is 79.9. The topological polar surface area (TPSA) is 40.6 Å². The third kappa shape index (κ3) is 4.63. The van der Waals surface area contributed by atoms with Crippen LogP contribution in [-0.4, -0.2) is 43.8 Å². The Morgan fingerprint density at radius 2 is 1.33 bits per heavy atom. The van der Waals surface area contributed by atoms with Crippen molar-refractivity contribution in [2.24, 2.45) is 0 Å². The van der Waals surface area contributed by atoms with E-state index in [-0.39, 0.29) is 10.9 Å². The van der Waals surface area contributed by atoms with Gasteiger partial charge in [-0.25, -0.2) is 8.42 Å². The van der Waals surface area contributed by atoms with Gasteiger partial charge in [0.1, 0.15) is 0 Å². The summed E-state index contributed by atoms with van der Waals surface area (Å²) in [6.07, 6.45) is 0. The average molecular weight is 506 g/mol. The zero-order valence-corrected chi connectivity index (χ0v) is 19.4. The van der Waals surface area contributed by atoms with Crippen molar-refractivity contribution in [1.82, 2.24) is 9.21 Å². The Hall–Kier alpha value is -1.70. The van der Waals surface area contributed by atoms with Crippen molar-refractivity contribution in [3.8, 4) is 0 Å². The van der Waals surface area contributed by atoms with Crippen molar-refractivity contribution in [3.05, 3.63) is 99.5 Å². The summed E-state index contributed by atoms with van der Waals surface area (Å²) in [6.45, 7) is 2.21. The quantitative estimate of drug-likeness (QED) is 0.479. The summed E-state index contributed by atoms with van der Waals surface area (Å²) in [6, 6.07) is 25.2. The maximum absolute atomic E-state index is 13.0. The van der Waals surface area contributed by atoms with Gasteiger partial charge in [-0.3, -0.25) is 4.90 Å². The smallest absolute Gasteiger partial charge is 0.243 e. The third-order valence-electron chi connectivity index (χ3n) is 5.39. The molecule has 1 atom stereocenters. The second-order valence-corrected chi connectivity index (χ2v) is 10.5. The van der Waals surface area contributed by atoms with Crippen LogP contribution in [0.3, 0.4) is 0 Å². The summed E-state index contributed by atoms with van der Waals surface area (Å²) in [5.74, 6) is 0. The first-order valence-electron chi connectivity index (χ1n) is 9.75. The number of halogens is 2. The largest absolute Gasteiger partial charge is 0.290 e. The highest BCUT2D eigenvalue weighted by Crippen LogP contribution is 2.31. The first-order chi connectivity index (χ1) is 14.4. The second-order valence-electron chi connectivity index (χ2n) is 7.26. The lowest BCUT2D eigenvalue weighted by Crippen LogP contribution is -2.49. The molecule has 156 valence electrons. The van der Waals surface area contributed by atoms with Crippen LogP contribution < -0.4 is 0 Å². The van der Waals surface area contributed by atoms with E-state index in [2.05, 4.69) is 45.1 Å². The monoisotopic (exact) mass is 504 g/mol. The van der Waals surface area contributed by atoms with Crippen molar-refractivity contribution in [3.63, 3.8) is 0 Å². The van der Waals surface area contributed by atoms with Crippen LogP contribution in [0, 0.1) is 0 Å². The molecule has 1 heterocycles. The van der Waals surface area contributed by atoms with Crippen molar-refractivity contribution in [2.75, 3.05) is 26.2 Å². The normalized spacial score (nSPS) is 17.0. The molecular weight excluding hydrogens is 484 g/mol. The molecule has 0 N–H and O–H groups in total. The Balaban J connectivity index is 1.56. The average Bonchev–Trinajstić information content (AvgIpc) is 2.77. The Labute approximate surface area is 191 Å². The Kier molecular flexibility index (Phi) is 6.60. The molecule has 0 spiro atoms. The molecule has 0 amide bonds. The van der Waals surface area contributed by atoms with Gasteiger partial charge in [0.15, 0.2) is 0 Å². The fraction of sp³-hybridized carbons (Fsp3) is 0.217. The lowest BCUT2D eigenvalue weighted by Gasteiger charge is -2.39. The molecule has 30 heavy (non-hydrogen) atoms. The molecule has 1 saturated heterocycles. The maximum atomic E-state index is 13.0. The van der Waals surface area contributed by atoms with Crippen LogP contribution in [0.2, 0.25) is 5.02 Å². The third-order valence-corrected chi connectivity index (χ3v) is 8.08. The fourth-order valence-electron chi connectivity index (χ4n) is 3.85. The first kappa shape index (κ1) is 21.5. The van der Waals surface area contributed by atoms with Crippen LogP contribution >= 0.6 is 27.5 Å². The molecule has 3 aromatic carbocycles. The standard InChI is InChI=1S/C23H22BrClN2O2S/c24-20-8-6-19(7-9-20)23(18-4-2-1-3-5-18)26-14-16-27(17-15-26)30(28,29)22-12-10-21(25)11-13-22/h1-13,23H,14-17H2/t23-/m1/s1. The summed E-state index contributed by atoms with van der Waals surface area (Å²) >= 11 is 9.42. The van der Waals surface area contributed by atoms with E-state index in [1.807, 2.05) is 30.3 Å². The summed E-state index contributed by atoms with van der Waals surface area (Å²) < 4.78 is 28.6. The number of rotatable bonds is 5. The molecule has 4 rings (SSSR count). The number of hydrogen-bond acceptors (Lipinski definition) is 3. The van der Waals surface area contributed by atoms with E-state index < -0.39 is 10.0 Å². The molecule has 1 aliphatic heterocycles. The minimum Gasteiger partial charge on any atom is -0.290 e. The molecule has 0 unspecified atom stereocenters. The minimum absolute atomic E-state index is 0.0830. The van der Waals surface area contributed by atoms with Crippen molar-refractivity contribution in [1.29, 1.82) is 0 Å². The summed E-state index contributed by atoms with van der Waals surface area (Å²) in [7, 11) is -3.52. The summed E-state index contributed by atoms with van der Waals surface area (Å²) in [4.78, 5) is 2.64. The van der Waals surface area contributed by atoms with Crippen molar-refractivity contribution < 1.29 is 8.42 Å². The van der Waals surface area contributed by atoms with Gasteiger partial charge >= 0.3 is 0 Å². The van der Waals surface area contributed by atoms with Crippen LogP contribution in [0.5, 0.6) is 0 Å². The molecule has 0 aromatic heterocycles. The SMILES string of the molecule is O=S(=O)(c1ccc(Cl)cc1)N1CCN([C@H](c2ccccc2)c2ccc(Br)cc2)CC1. The highest BCUT2D eigenvalue weighted by Gasteiger charge is 2.32. The van der Waals surface area contributed by atoms with Gasteiger partial charge in [0.05, 0.1) is 10.9 Å². The predicted molar refractivity (Wildman–Crippen MR) is 124 cm³/mol. The molecule has 1 fully saturated rings. The number of benzene rings is 3. The predicted octanol–water partition coefficient (Wildman–Crippen LogP) is 5.20. The van der Waals surface area contributed by atoms with Crippen LogP contribution in [0.25, 0.3) is 0 Å². The van der Waals surface area contributed by atoms with Gasteiger partial charge < -0.3 is 0 Å². The van der Waals surface area contributed by atoms with Crippen molar-refractivity contribution in [2.45, 2.75) is 10.9 Å². The first-order valence-corrected chi connectivity index (χ1v) is 12.4. The van der Waals surface area contributed by atoms with Gasteiger partial charge in [0, 0.05) is 35.7 Å². The number of hydrogen-bond donors (Lipinski definition) is 0. The van der Waals surface area contributed by atoms with Crippen LogP contribution in [0.15, 0.2) is 88.2 Å². The van der Waals surface area contributed by atoms with Gasteiger partial charge in [0.2, 0.25) is 10.0 Å². The maximum Gasteiger partial charge on any atom is 0.243 e. The van der Waals surface area contributed by atoms with Crippen molar-refractivity contribution >= 4 is 37.6 Å². The van der Waals surface area contributed by atoms with E-state index in [0.29, 0.717) is 31.2 Å². The Morgan fingerprint density at radius 3 is 1.93 bits per heavy atom. The molecule has 0 aliphatic carbocycles. The van der Waals surface area contributed by atoms with E-state index in [0.717, 1.165) is 4.47 Å². The number of nitrogens with zero attached hydrogens (tertiary/aromatic N) is 2. The molecule has 4 nitrogen and oxygen atoms in total. The molecular formula is C23H22BrClN2O2S. The zero-order valence-electron chi connectivity index (χ0n) is 16.3. The second kappa shape index (κ2) is 9.20. The van der Waals surface area contributed by atoms with E-state index >= 15 is 0 Å². The minimum atomic E-state index is -3.52. The lowest BCUT2D eigenvalue weighted by atomic mass is 9.96. The molecule has 0 radical (unpaired) electrons.